The van der Waals surface area contributed by atoms with Gasteiger partial charge in [0.05, 0.1) is 13.2 Å². The molecule has 0 saturated heterocycles. The van der Waals surface area contributed by atoms with Gasteiger partial charge in [-0.05, 0) is 4.53 Å². The first-order valence-electron chi connectivity index (χ1n) is 6.98. The largest absolute Gasteiger partial charge is 0.460 e. The van der Waals surface area contributed by atoms with Crippen molar-refractivity contribution in [3.05, 3.63) is 0 Å². The van der Waals surface area contributed by atoms with Gasteiger partial charge in [0.15, 0.2) is 0 Å². The van der Waals surface area contributed by atoms with Gasteiger partial charge in [-0.3, -0.25) is 0 Å². The second kappa shape index (κ2) is 8.09. The number of nitrogens with zero attached hydrogens (tertiary/aromatic N) is 1. The average Bonchev–Trinajstić information content (AvgIpc) is 2.59. The summed E-state index contributed by atoms with van der Waals surface area (Å²) >= 11 is 0. The molecule has 0 aliphatic rings. The van der Waals surface area contributed by atoms with Gasteiger partial charge in [0.1, 0.15) is 0 Å². The van der Waals surface area contributed by atoms with Crippen LogP contribution >= 0.6 is 0 Å². The van der Waals surface area contributed by atoms with Crippen molar-refractivity contribution in [3.63, 3.8) is 0 Å². The number of rotatable bonds is 10. The molecule has 0 saturated carbocycles. The molecule has 0 aliphatic heterocycles. The molecular formula is C10H5F18NO3S. The summed E-state index contributed by atoms with van der Waals surface area (Å²) in [7, 11) is -7.98. The molecular weight excluding hydrogens is 556 g/mol. The Balaban J connectivity index is 6.96. The SMILES string of the molecule is O=S(=O)(N(F)CCO)C(F)(F)C(F)(F)C(F)(F)C(F)(F)C(F)(F)C(F)(F)C(F)(F)C(F)(F)F. The van der Waals surface area contributed by atoms with E-state index in [1.165, 1.54) is 0 Å². The zero-order chi connectivity index (χ0) is 27.5. The van der Waals surface area contributed by atoms with Crippen molar-refractivity contribution in [1.82, 2.24) is 4.53 Å². The van der Waals surface area contributed by atoms with E-state index >= 15 is 0 Å². The summed E-state index contributed by atoms with van der Waals surface area (Å²) in [6.07, 6.45) is -7.93. The zero-order valence-corrected chi connectivity index (χ0v) is 15.2. The van der Waals surface area contributed by atoms with Crippen LogP contribution in [0.3, 0.4) is 0 Å². The smallest absolute Gasteiger partial charge is 0.395 e. The fourth-order valence-electron chi connectivity index (χ4n) is 1.63. The Morgan fingerprint density at radius 3 is 1.09 bits per heavy atom. The van der Waals surface area contributed by atoms with Gasteiger partial charge in [-0.2, -0.15) is 74.6 Å². The molecule has 0 spiro atoms. The minimum Gasteiger partial charge on any atom is -0.395 e. The van der Waals surface area contributed by atoms with Crippen LogP contribution in [-0.2, 0) is 10.0 Å². The molecule has 0 atom stereocenters. The van der Waals surface area contributed by atoms with Gasteiger partial charge in [0.2, 0.25) is 0 Å². The molecule has 0 heterocycles. The topological polar surface area (TPSA) is 57.6 Å². The third-order valence-corrected chi connectivity index (χ3v) is 5.16. The van der Waals surface area contributed by atoms with Crippen LogP contribution in [0, 0.1) is 0 Å². The van der Waals surface area contributed by atoms with E-state index in [0.717, 1.165) is 0 Å². The van der Waals surface area contributed by atoms with Crippen molar-refractivity contribution >= 4 is 10.0 Å². The molecule has 0 radical (unpaired) electrons. The van der Waals surface area contributed by atoms with Crippen LogP contribution in [0.5, 0.6) is 0 Å². The Kier molecular flexibility index (Phi) is 7.75. The summed E-state index contributed by atoms with van der Waals surface area (Å²) in [5.74, 6) is -52.5. The van der Waals surface area contributed by atoms with E-state index in [-0.39, 0.29) is 0 Å². The molecule has 0 aromatic rings. The molecule has 0 aliphatic carbocycles. The monoisotopic (exact) mass is 561 g/mol. The van der Waals surface area contributed by atoms with Gasteiger partial charge < -0.3 is 5.11 Å². The average molecular weight is 561 g/mol. The molecule has 33 heavy (non-hydrogen) atoms. The summed E-state index contributed by atoms with van der Waals surface area (Å²) in [6.45, 7) is -4.19. The van der Waals surface area contributed by atoms with Gasteiger partial charge in [-0.25, -0.2) is 8.42 Å². The molecule has 0 bridgehead atoms. The molecule has 0 rings (SSSR count). The van der Waals surface area contributed by atoms with Gasteiger partial charge >= 0.3 is 57.0 Å². The fraction of sp³-hybridized carbons (Fsp3) is 1.00. The minimum atomic E-state index is -8.99. The number of aliphatic hydroxyl groups excluding tert-OH is 1. The van der Waals surface area contributed by atoms with Crippen molar-refractivity contribution in [3.8, 4) is 0 Å². The lowest BCUT2D eigenvalue weighted by Crippen LogP contribution is -2.75. The lowest BCUT2D eigenvalue weighted by molar-refractivity contribution is -0.458. The van der Waals surface area contributed by atoms with E-state index in [1.54, 1.807) is 0 Å². The molecule has 1 N–H and O–H groups in total. The second-order valence-corrected chi connectivity index (χ2v) is 7.56. The molecule has 23 heteroatoms. The Morgan fingerprint density at radius 2 is 0.818 bits per heavy atom. The van der Waals surface area contributed by atoms with E-state index in [0.29, 0.717) is 0 Å². The van der Waals surface area contributed by atoms with E-state index in [9.17, 15) is 87.5 Å². The standard InChI is InChI=1S/C10H5F18NO3S/c11-3(12,5(15,16)7(19,20)9(23,24)25)4(13,14)6(17,18)8(21,22)10(26,27)33(31,32)29(28)1-2-30/h30H,1-2H2. The van der Waals surface area contributed by atoms with Crippen LogP contribution in [0.15, 0.2) is 0 Å². The maximum absolute atomic E-state index is 13.4. The molecule has 0 fully saturated rings. The van der Waals surface area contributed by atoms with Crippen molar-refractivity contribution < 1.29 is 92.6 Å². The molecule has 0 unspecified atom stereocenters. The molecule has 0 amide bonds. The van der Waals surface area contributed by atoms with Crippen molar-refractivity contribution in [2.75, 3.05) is 13.2 Å². The molecule has 0 aromatic carbocycles. The van der Waals surface area contributed by atoms with Crippen LogP contribution < -0.4 is 0 Å². The number of hydrogen-bond acceptors (Lipinski definition) is 3. The number of alkyl halides is 17. The maximum atomic E-state index is 13.4. The maximum Gasteiger partial charge on any atom is 0.460 e. The third-order valence-electron chi connectivity index (χ3n) is 3.55. The summed E-state index contributed by atoms with van der Waals surface area (Å²) in [5.41, 5.74) is 0. The highest BCUT2D eigenvalue weighted by Crippen LogP contribution is 2.64. The Hall–Kier alpha value is -1.39. The third kappa shape index (κ3) is 3.95. The predicted molar refractivity (Wildman–Crippen MR) is 64.5 cm³/mol. The number of halogens is 18. The van der Waals surface area contributed by atoms with E-state index in [1.807, 2.05) is 0 Å². The van der Waals surface area contributed by atoms with E-state index < -0.39 is 74.7 Å². The Bertz CT molecular complexity index is 818. The lowest BCUT2D eigenvalue weighted by Gasteiger charge is -2.42. The first-order valence-corrected chi connectivity index (χ1v) is 8.42. The molecule has 4 nitrogen and oxygen atoms in total. The van der Waals surface area contributed by atoms with Crippen LogP contribution in [0.4, 0.5) is 79.1 Å². The molecule has 200 valence electrons. The summed E-state index contributed by atoms with van der Waals surface area (Å²) in [4.78, 5) is 0. The minimum absolute atomic E-state index is 1.89. The molecule has 0 aromatic heterocycles. The van der Waals surface area contributed by atoms with Crippen molar-refractivity contribution in [2.45, 2.75) is 47.0 Å². The summed E-state index contributed by atoms with van der Waals surface area (Å²) in [6, 6.07) is 0. The lowest BCUT2D eigenvalue weighted by atomic mass is 9.91. The zero-order valence-electron chi connectivity index (χ0n) is 14.3. The van der Waals surface area contributed by atoms with E-state index in [4.69, 9.17) is 5.11 Å². The fourth-order valence-corrected chi connectivity index (χ4v) is 2.66. The highest BCUT2D eigenvalue weighted by molar-refractivity contribution is 7.90. The van der Waals surface area contributed by atoms with Crippen molar-refractivity contribution in [2.24, 2.45) is 0 Å². The van der Waals surface area contributed by atoms with Gasteiger partial charge in [-0.1, -0.05) is 0 Å². The Labute approximate surface area is 168 Å². The van der Waals surface area contributed by atoms with Crippen molar-refractivity contribution in [1.29, 1.82) is 0 Å². The highest BCUT2D eigenvalue weighted by atomic mass is 32.2. The first-order chi connectivity index (χ1) is 14.0. The summed E-state index contributed by atoms with van der Waals surface area (Å²) < 4.78 is 252. The van der Waals surface area contributed by atoms with E-state index in [2.05, 4.69) is 0 Å². The quantitative estimate of drug-likeness (QED) is 0.317. The Morgan fingerprint density at radius 1 is 0.545 bits per heavy atom. The van der Waals surface area contributed by atoms with Gasteiger partial charge in [0, 0.05) is 0 Å². The number of sulfonamides is 1. The number of aliphatic hydroxyl groups is 1. The summed E-state index contributed by atoms with van der Waals surface area (Å²) in [5, 5.41) is 0.126. The first kappa shape index (κ1) is 31.6. The van der Waals surface area contributed by atoms with Crippen LogP contribution in [-0.4, -0.2) is 78.2 Å². The van der Waals surface area contributed by atoms with Gasteiger partial charge in [0.25, 0.3) is 0 Å². The van der Waals surface area contributed by atoms with Crippen LogP contribution in [0.2, 0.25) is 0 Å². The van der Waals surface area contributed by atoms with Crippen LogP contribution in [0.1, 0.15) is 0 Å². The normalized spacial score (nSPS) is 16.5. The van der Waals surface area contributed by atoms with Gasteiger partial charge in [-0.15, -0.1) is 4.48 Å². The predicted octanol–water partition coefficient (Wildman–Crippen LogP) is 4.46. The van der Waals surface area contributed by atoms with Crippen LogP contribution in [0.25, 0.3) is 0 Å². The highest BCUT2D eigenvalue weighted by Gasteiger charge is 2.96. The number of hydrogen-bond donors (Lipinski definition) is 1. The second-order valence-electron chi connectivity index (χ2n) is 5.70.